The van der Waals surface area contributed by atoms with Gasteiger partial charge in [-0.15, -0.1) is 0 Å². The third-order valence-corrected chi connectivity index (χ3v) is 10.1. The molecule has 0 saturated carbocycles. The fourth-order valence-corrected chi connectivity index (χ4v) is 7.28. The van der Waals surface area contributed by atoms with Crippen LogP contribution in [0.5, 0.6) is 5.75 Å². The molecular weight excluding hydrogens is 712 g/mol. The molecule has 0 aliphatic heterocycles. The van der Waals surface area contributed by atoms with Gasteiger partial charge in [-0.3, -0.25) is 9.59 Å². The summed E-state index contributed by atoms with van der Waals surface area (Å²) in [4.78, 5) is 26.8. The predicted molar refractivity (Wildman–Crippen MR) is 215 cm³/mol. The molecule has 1 unspecified atom stereocenters. The van der Waals surface area contributed by atoms with Crippen molar-refractivity contribution >= 4 is 11.6 Å². The van der Waals surface area contributed by atoms with Gasteiger partial charge in [0.25, 0.3) is 0 Å². The highest BCUT2D eigenvalue weighted by Gasteiger charge is 2.47. The second kappa shape index (κ2) is 20.8. The summed E-state index contributed by atoms with van der Waals surface area (Å²) < 4.78 is 39.1. The van der Waals surface area contributed by atoms with Crippen molar-refractivity contribution in [3.63, 3.8) is 0 Å². The molecule has 1 aliphatic rings. The van der Waals surface area contributed by atoms with Crippen molar-refractivity contribution in [1.82, 2.24) is 0 Å². The van der Waals surface area contributed by atoms with Gasteiger partial charge in [-0.2, -0.15) is 0 Å². The minimum atomic E-state index is -0.862. The van der Waals surface area contributed by atoms with Crippen LogP contribution in [-0.2, 0) is 40.4 Å². The summed E-state index contributed by atoms with van der Waals surface area (Å²) in [5, 5.41) is 8.85. The van der Waals surface area contributed by atoms with E-state index in [1.807, 2.05) is 30.3 Å². The number of Topliss-reactive ketones (excluding diaryl/α,β-unsaturated/α-hetero) is 2. The third-order valence-electron chi connectivity index (χ3n) is 10.1. The average molecular weight is 769 g/mol. The molecule has 1 N–H and O–H groups in total. The second-order valence-electron chi connectivity index (χ2n) is 14.0. The van der Waals surface area contributed by atoms with Crippen molar-refractivity contribution in [2.75, 3.05) is 86.4 Å². The Bertz CT molecular complexity index is 1870. The number of aryl methyl sites for hydroxylation is 3. The van der Waals surface area contributed by atoms with Crippen LogP contribution in [0.25, 0.3) is 11.1 Å². The highest BCUT2D eigenvalue weighted by atomic mass is 16.6. The summed E-state index contributed by atoms with van der Waals surface area (Å²) in [6, 6.07) is 23.0. The summed E-state index contributed by atoms with van der Waals surface area (Å²) in [7, 11) is 1.63. The molecule has 0 aromatic heterocycles. The SMILES string of the molecule is COCCOCCOCCOc1ccc(C2(c3ccc(COCCOCCOCCO)c(C(C)=O)c3)c3cc(C)ccc3-c3cc(C)c(C)cc32)cc1C(C)=O. The number of ketones is 2. The Morgan fingerprint density at radius 3 is 1.77 bits per heavy atom. The van der Waals surface area contributed by atoms with Gasteiger partial charge in [0.05, 0.1) is 90.3 Å². The number of benzene rings is 4. The molecule has 5 rings (SSSR count). The van der Waals surface area contributed by atoms with Crippen LogP contribution in [-0.4, -0.2) is 103 Å². The molecule has 0 fully saturated rings. The Kier molecular flexibility index (Phi) is 15.9. The zero-order valence-corrected chi connectivity index (χ0v) is 33.7. The van der Waals surface area contributed by atoms with Gasteiger partial charge in [0.2, 0.25) is 0 Å². The Balaban J connectivity index is 1.52. The van der Waals surface area contributed by atoms with Gasteiger partial charge in [0.1, 0.15) is 12.4 Å². The van der Waals surface area contributed by atoms with E-state index in [1.165, 1.54) is 5.56 Å². The summed E-state index contributed by atoms with van der Waals surface area (Å²) in [5.74, 6) is 0.293. The molecular formula is C46H56O10. The number of hydrogen-bond donors (Lipinski definition) is 1. The molecule has 300 valence electrons. The lowest BCUT2D eigenvalue weighted by atomic mass is 9.66. The number of carbonyl (C=O) groups excluding carboxylic acids is 2. The monoisotopic (exact) mass is 768 g/mol. The standard InChI is InChI=1S/C46H56O10/c1-31-7-11-39-42-26-32(2)33(3)27-44(42)46(43(39)25-31,37-9-8-36(40(28-37)34(4)48)30-55-22-21-53-18-17-51-14-13-47)38-10-12-45(41(29-38)35(5)49)56-24-23-54-20-19-52-16-15-50-6/h7-12,25-29,47H,13-24,30H2,1-6H3. The first-order valence-corrected chi connectivity index (χ1v) is 19.3. The quantitative estimate of drug-likeness (QED) is 0.0521. The number of fused-ring (bicyclic) bond motifs is 3. The molecule has 4 aromatic rings. The molecule has 0 bridgehead atoms. The highest BCUT2D eigenvalue weighted by Crippen LogP contribution is 2.57. The lowest BCUT2D eigenvalue weighted by Gasteiger charge is -2.35. The zero-order valence-electron chi connectivity index (χ0n) is 33.7. The van der Waals surface area contributed by atoms with Crippen LogP contribution in [0.15, 0.2) is 66.7 Å². The number of hydrogen-bond acceptors (Lipinski definition) is 10. The number of aliphatic hydroxyl groups is 1. The maximum Gasteiger partial charge on any atom is 0.163 e. The molecule has 1 aliphatic carbocycles. The summed E-state index contributed by atoms with van der Waals surface area (Å²) >= 11 is 0. The number of carbonyl (C=O) groups is 2. The number of ether oxygens (including phenoxy) is 7. The minimum Gasteiger partial charge on any atom is -0.490 e. The molecule has 0 saturated heterocycles. The van der Waals surface area contributed by atoms with E-state index in [0.717, 1.165) is 50.1 Å². The molecule has 0 radical (unpaired) electrons. The maximum absolute atomic E-state index is 13.4. The first-order chi connectivity index (χ1) is 27.1. The van der Waals surface area contributed by atoms with Crippen molar-refractivity contribution in [1.29, 1.82) is 0 Å². The topological polar surface area (TPSA) is 119 Å². The largest absolute Gasteiger partial charge is 0.490 e. The predicted octanol–water partition coefficient (Wildman–Crippen LogP) is 6.98. The van der Waals surface area contributed by atoms with Crippen molar-refractivity contribution in [3.05, 3.63) is 122 Å². The normalized spacial score (nSPS) is 14.5. The van der Waals surface area contributed by atoms with E-state index >= 15 is 0 Å². The van der Waals surface area contributed by atoms with E-state index in [1.54, 1.807) is 21.0 Å². The van der Waals surface area contributed by atoms with E-state index < -0.39 is 5.41 Å². The van der Waals surface area contributed by atoms with Crippen LogP contribution >= 0.6 is 0 Å². The molecule has 56 heavy (non-hydrogen) atoms. The van der Waals surface area contributed by atoms with Crippen LogP contribution < -0.4 is 4.74 Å². The molecule has 0 heterocycles. The van der Waals surface area contributed by atoms with Crippen LogP contribution in [0, 0.1) is 20.8 Å². The van der Waals surface area contributed by atoms with Crippen LogP contribution in [0.2, 0.25) is 0 Å². The fraction of sp³-hybridized carbons (Fsp3) is 0.435. The lowest BCUT2D eigenvalue weighted by Crippen LogP contribution is -2.30. The molecule has 0 spiro atoms. The number of rotatable bonds is 24. The Labute approximate surface area is 331 Å². The van der Waals surface area contributed by atoms with Crippen LogP contribution in [0.4, 0.5) is 0 Å². The van der Waals surface area contributed by atoms with Gasteiger partial charge in [0, 0.05) is 12.7 Å². The van der Waals surface area contributed by atoms with Gasteiger partial charge in [0.15, 0.2) is 11.6 Å². The first-order valence-electron chi connectivity index (χ1n) is 19.3. The summed E-state index contributed by atoms with van der Waals surface area (Å²) in [6.45, 7) is 14.0. The minimum absolute atomic E-state index is 0.0234. The van der Waals surface area contributed by atoms with Gasteiger partial charge in [-0.1, -0.05) is 54.1 Å². The van der Waals surface area contributed by atoms with Gasteiger partial charge >= 0.3 is 0 Å². The zero-order chi connectivity index (χ0) is 40.1. The smallest absolute Gasteiger partial charge is 0.163 e. The molecule has 10 heteroatoms. The fourth-order valence-electron chi connectivity index (χ4n) is 7.28. The summed E-state index contributed by atoms with van der Waals surface area (Å²) in [6.07, 6.45) is 0. The highest BCUT2D eigenvalue weighted by molar-refractivity contribution is 5.98. The van der Waals surface area contributed by atoms with E-state index in [-0.39, 0.29) is 38.0 Å². The van der Waals surface area contributed by atoms with E-state index in [0.29, 0.717) is 76.3 Å². The van der Waals surface area contributed by atoms with Crippen LogP contribution in [0.1, 0.15) is 79.1 Å². The lowest BCUT2D eigenvalue weighted by molar-refractivity contribution is 0.00443. The summed E-state index contributed by atoms with van der Waals surface area (Å²) in [5.41, 5.74) is 10.6. The second-order valence-corrected chi connectivity index (χ2v) is 14.0. The first kappa shape index (κ1) is 42.9. The molecule has 10 nitrogen and oxygen atoms in total. The van der Waals surface area contributed by atoms with Crippen molar-refractivity contribution in [2.24, 2.45) is 0 Å². The third kappa shape index (κ3) is 9.99. The van der Waals surface area contributed by atoms with Crippen molar-refractivity contribution < 1.29 is 47.9 Å². The molecule has 0 amide bonds. The van der Waals surface area contributed by atoms with Gasteiger partial charge in [-0.25, -0.2) is 0 Å². The van der Waals surface area contributed by atoms with Crippen molar-refractivity contribution in [3.8, 4) is 16.9 Å². The Morgan fingerprint density at radius 1 is 0.571 bits per heavy atom. The molecule has 4 aromatic carbocycles. The van der Waals surface area contributed by atoms with E-state index in [4.69, 9.17) is 38.3 Å². The van der Waals surface area contributed by atoms with Gasteiger partial charge in [-0.05, 0) is 103 Å². The molecule has 1 atom stereocenters. The maximum atomic E-state index is 13.4. The number of methoxy groups -OCH3 is 1. The van der Waals surface area contributed by atoms with Gasteiger partial charge < -0.3 is 38.3 Å². The number of aliphatic hydroxyl groups excluding tert-OH is 1. The van der Waals surface area contributed by atoms with Crippen LogP contribution in [0.3, 0.4) is 0 Å². The average Bonchev–Trinajstić information content (AvgIpc) is 3.45. The van der Waals surface area contributed by atoms with Crippen molar-refractivity contribution in [2.45, 2.75) is 46.6 Å². The van der Waals surface area contributed by atoms with E-state index in [2.05, 4.69) is 57.2 Å². The Morgan fingerprint density at radius 2 is 1.12 bits per heavy atom. The Hall–Kier alpha value is -4.26. The van der Waals surface area contributed by atoms with E-state index in [9.17, 15) is 9.59 Å².